The maximum absolute atomic E-state index is 12.9. The van der Waals surface area contributed by atoms with Gasteiger partial charge in [-0.15, -0.1) is 0 Å². The highest BCUT2D eigenvalue weighted by atomic mass is 16.5. The third-order valence-corrected chi connectivity index (χ3v) is 7.00. The van der Waals surface area contributed by atoms with E-state index in [1.165, 1.54) is 0 Å². The van der Waals surface area contributed by atoms with Gasteiger partial charge in [-0.1, -0.05) is 30.3 Å². The summed E-state index contributed by atoms with van der Waals surface area (Å²) in [5, 5.41) is 2.33. The summed E-state index contributed by atoms with van der Waals surface area (Å²) < 4.78 is 12.2. The van der Waals surface area contributed by atoms with Gasteiger partial charge in [0.25, 0.3) is 5.91 Å². The molecule has 1 aromatic heterocycles. The maximum Gasteiger partial charge on any atom is 0.255 e. The molecule has 184 valence electrons. The first-order valence-corrected chi connectivity index (χ1v) is 12.2. The van der Waals surface area contributed by atoms with Crippen LogP contribution < -0.4 is 10.1 Å². The molecule has 0 radical (unpaired) electrons. The predicted octanol–water partition coefficient (Wildman–Crippen LogP) is 2.76. The van der Waals surface area contributed by atoms with Gasteiger partial charge in [0.05, 0.1) is 12.7 Å². The standard InChI is InChI=1S/C27H26N4O5/c32-24-9-8-22(26(33)29-24)31-14-18-12-19(6-7-21(18)27(31)34)35-20-10-11-30(15-20)16-25-28-13-23(36-25)17-4-2-1-3-5-17/h1-7,12-13,20,22H,8-11,14-16H2,(H,29,32,33)/t20-,22?/m0/s1. The molecule has 0 aliphatic carbocycles. The monoisotopic (exact) mass is 486 g/mol. The highest BCUT2D eigenvalue weighted by molar-refractivity contribution is 6.05. The van der Waals surface area contributed by atoms with E-state index >= 15 is 0 Å². The second-order valence-corrected chi connectivity index (χ2v) is 9.47. The fourth-order valence-corrected chi connectivity index (χ4v) is 5.16. The van der Waals surface area contributed by atoms with Gasteiger partial charge in [0, 0.05) is 37.2 Å². The van der Waals surface area contributed by atoms with Crippen LogP contribution in [0.5, 0.6) is 5.75 Å². The van der Waals surface area contributed by atoms with E-state index < -0.39 is 11.9 Å². The molecule has 0 saturated carbocycles. The molecule has 4 heterocycles. The summed E-state index contributed by atoms with van der Waals surface area (Å²) in [7, 11) is 0. The quantitative estimate of drug-likeness (QED) is 0.534. The molecule has 6 rings (SSSR count). The molecule has 3 aliphatic rings. The highest BCUT2D eigenvalue weighted by Gasteiger charge is 2.39. The van der Waals surface area contributed by atoms with E-state index in [-0.39, 0.29) is 24.3 Å². The number of amides is 3. The lowest BCUT2D eigenvalue weighted by Gasteiger charge is -2.29. The van der Waals surface area contributed by atoms with E-state index in [1.807, 2.05) is 42.5 Å². The number of hydrogen-bond donors (Lipinski definition) is 1. The summed E-state index contributed by atoms with van der Waals surface area (Å²) in [4.78, 5) is 44.8. The molecule has 2 saturated heterocycles. The topological polar surface area (TPSA) is 105 Å². The Hall–Kier alpha value is -3.98. The Morgan fingerprint density at radius 3 is 2.78 bits per heavy atom. The Morgan fingerprint density at radius 1 is 1.08 bits per heavy atom. The zero-order valence-corrected chi connectivity index (χ0v) is 19.7. The second-order valence-electron chi connectivity index (χ2n) is 9.47. The largest absolute Gasteiger partial charge is 0.489 e. The van der Waals surface area contributed by atoms with Crippen LogP contribution in [0.2, 0.25) is 0 Å². The molecule has 3 amide bonds. The fourth-order valence-electron chi connectivity index (χ4n) is 5.16. The summed E-state index contributed by atoms with van der Waals surface area (Å²) in [6.45, 7) is 2.58. The lowest BCUT2D eigenvalue weighted by molar-refractivity contribution is -0.136. The molecule has 2 aromatic carbocycles. The van der Waals surface area contributed by atoms with Gasteiger partial charge in [-0.3, -0.25) is 24.6 Å². The van der Waals surface area contributed by atoms with Crippen molar-refractivity contribution in [3.63, 3.8) is 0 Å². The van der Waals surface area contributed by atoms with Crippen LogP contribution in [-0.2, 0) is 22.7 Å². The molecule has 9 heteroatoms. The first kappa shape index (κ1) is 22.5. The summed E-state index contributed by atoms with van der Waals surface area (Å²) in [6.07, 6.45) is 3.26. The first-order valence-electron chi connectivity index (χ1n) is 12.2. The molecular formula is C27H26N4O5. The first-order chi connectivity index (χ1) is 17.5. The van der Waals surface area contributed by atoms with Gasteiger partial charge in [0.1, 0.15) is 17.9 Å². The number of hydrogen-bond acceptors (Lipinski definition) is 7. The molecule has 9 nitrogen and oxygen atoms in total. The average molecular weight is 487 g/mol. The van der Waals surface area contributed by atoms with Crippen molar-refractivity contribution in [2.45, 2.75) is 44.5 Å². The predicted molar refractivity (Wildman–Crippen MR) is 129 cm³/mol. The summed E-state index contributed by atoms with van der Waals surface area (Å²) in [6, 6.07) is 14.8. The van der Waals surface area contributed by atoms with Crippen molar-refractivity contribution in [1.82, 2.24) is 20.1 Å². The van der Waals surface area contributed by atoms with Gasteiger partial charge in [0.15, 0.2) is 5.76 Å². The third-order valence-electron chi connectivity index (χ3n) is 7.00. The number of aromatic nitrogens is 1. The van der Waals surface area contributed by atoms with E-state index in [9.17, 15) is 14.4 Å². The van der Waals surface area contributed by atoms with Gasteiger partial charge < -0.3 is 14.1 Å². The zero-order valence-electron chi connectivity index (χ0n) is 19.7. The van der Waals surface area contributed by atoms with Crippen LogP contribution in [0.15, 0.2) is 59.1 Å². The number of nitrogens with zero attached hydrogens (tertiary/aromatic N) is 3. The van der Waals surface area contributed by atoms with Crippen LogP contribution in [0.25, 0.3) is 11.3 Å². The van der Waals surface area contributed by atoms with Gasteiger partial charge in [-0.2, -0.15) is 0 Å². The minimum absolute atomic E-state index is 0.0231. The molecule has 1 unspecified atom stereocenters. The lowest BCUT2D eigenvalue weighted by atomic mass is 10.0. The van der Waals surface area contributed by atoms with Crippen molar-refractivity contribution in [3.8, 4) is 17.1 Å². The molecule has 2 atom stereocenters. The summed E-state index contributed by atoms with van der Waals surface area (Å²) >= 11 is 0. The Labute approximate surface area is 208 Å². The number of fused-ring (bicyclic) bond motifs is 1. The van der Waals surface area contributed by atoms with Crippen LogP contribution in [0, 0.1) is 0 Å². The number of likely N-dealkylation sites (tertiary alicyclic amines) is 1. The molecule has 0 spiro atoms. The van der Waals surface area contributed by atoms with Crippen molar-refractivity contribution < 1.29 is 23.5 Å². The van der Waals surface area contributed by atoms with Gasteiger partial charge in [0.2, 0.25) is 17.7 Å². The van der Waals surface area contributed by atoms with Crippen LogP contribution in [0.4, 0.5) is 0 Å². The number of oxazole rings is 1. The highest BCUT2D eigenvalue weighted by Crippen LogP contribution is 2.31. The number of rotatable bonds is 6. The fraction of sp³-hybridized carbons (Fsp3) is 0.333. The van der Waals surface area contributed by atoms with Crippen molar-refractivity contribution >= 4 is 17.7 Å². The van der Waals surface area contributed by atoms with Gasteiger partial charge in [-0.25, -0.2) is 4.98 Å². The van der Waals surface area contributed by atoms with Crippen LogP contribution in [-0.4, -0.2) is 57.7 Å². The molecular weight excluding hydrogens is 460 g/mol. The third kappa shape index (κ3) is 4.37. The summed E-state index contributed by atoms with van der Waals surface area (Å²) in [5.74, 6) is 1.27. The van der Waals surface area contributed by atoms with Crippen LogP contribution >= 0.6 is 0 Å². The number of carbonyl (C=O) groups is 3. The van der Waals surface area contributed by atoms with Gasteiger partial charge in [-0.05, 0) is 36.6 Å². The smallest absolute Gasteiger partial charge is 0.255 e. The Balaban J connectivity index is 1.06. The van der Waals surface area contributed by atoms with Crippen molar-refractivity contribution in [3.05, 3.63) is 71.7 Å². The van der Waals surface area contributed by atoms with E-state index in [0.717, 1.165) is 36.4 Å². The molecule has 36 heavy (non-hydrogen) atoms. The van der Waals surface area contributed by atoms with E-state index in [1.54, 1.807) is 17.2 Å². The summed E-state index contributed by atoms with van der Waals surface area (Å²) in [5.41, 5.74) is 2.42. The van der Waals surface area contributed by atoms with Crippen molar-refractivity contribution in [2.24, 2.45) is 0 Å². The number of imide groups is 1. The average Bonchev–Trinajstić information content (AvgIpc) is 3.60. The molecule has 1 N–H and O–H groups in total. The number of benzene rings is 2. The van der Waals surface area contributed by atoms with E-state index in [2.05, 4.69) is 15.2 Å². The van der Waals surface area contributed by atoms with Gasteiger partial charge >= 0.3 is 0 Å². The van der Waals surface area contributed by atoms with Crippen molar-refractivity contribution in [2.75, 3.05) is 13.1 Å². The van der Waals surface area contributed by atoms with Crippen LogP contribution in [0.1, 0.15) is 41.1 Å². The minimum atomic E-state index is -0.618. The second kappa shape index (κ2) is 9.23. The SMILES string of the molecule is O=C1CCC(N2Cc3cc(O[C@H]4CCN(Cc5ncc(-c6ccccc6)o5)C4)ccc3C2=O)C(=O)N1. The zero-order chi connectivity index (χ0) is 24.6. The number of nitrogens with one attached hydrogen (secondary N) is 1. The molecule has 2 fully saturated rings. The van der Waals surface area contributed by atoms with Crippen LogP contribution in [0.3, 0.4) is 0 Å². The normalized spacial score (nSPS) is 22.1. The molecule has 0 bridgehead atoms. The Bertz CT molecular complexity index is 1320. The maximum atomic E-state index is 12.9. The number of piperidine rings is 1. The number of carbonyl (C=O) groups excluding carboxylic acids is 3. The van der Waals surface area contributed by atoms with Crippen molar-refractivity contribution in [1.29, 1.82) is 0 Å². The van der Waals surface area contributed by atoms with E-state index in [4.69, 9.17) is 9.15 Å². The number of ether oxygens (including phenoxy) is 1. The molecule has 3 aromatic rings. The minimum Gasteiger partial charge on any atom is -0.489 e. The Morgan fingerprint density at radius 2 is 1.94 bits per heavy atom. The lowest BCUT2D eigenvalue weighted by Crippen LogP contribution is -2.52. The molecule has 3 aliphatic heterocycles. The van der Waals surface area contributed by atoms with E-state index in [0.29, 0.717) is 36.7 Å². The Kier molecular flexibility index (Phi) is 5.77.